The zero-order chi connectivity index (χ0) is 35.1. The van der Waals surface area contributed by atoms with Crippen molar-refractivity contribution < 1.29 is 19.2 Å². The Morgan fingerprint density at radius 1 is 0.857 bits per heavy atom. The first kappa shape index (κ1) is 33.6. The second-order valence-corrected chi connectivity index (χ2v) is 13.7. The molecule has 0 bridgehead atoms. The molecule has 0 spiro atoms. The number of ether oxygens (including phenoxy) is 1. The lowest BCUT2D eigenvalue weighted by molar-refractivity contribution is -0.433. The van der Waals surface area contributed by atoms with Gasteiger partial charge in [-0.2, -0.15) is 4.58 Å². The van der Waals surface area contributed by atoms with E-state index >= 15 is 0 Å². The summed E-state index contributed by atoms with van der Waals surface area (Å²) in [6, 6.07) is 20.5. The molecule has 0 radical (unpaired) electrons. The molecule has 0 fully saturated rings. The topological polar surface area (TPSA) is 102 Å². The van der Waals surface area contributed by atoms with Gasteiger partial charge in [0.05, 0.1) is 21.3 Å². The average molecular weight is 660 g/mol. The van der Waals surface area contributed by atoms with Gasteiger partial charge >= 0.3 is 5.69 Å². The third kappa shape index (κ3) is 5.87. The van der Waals surface area contributed by atoms with Crippen molar-refractivity contribution in [3.63, 3.8) is 0 Å². The summed E-state index contributed by atoms with van der Waals surface area (Å²) in [4.78, 5) is 24.7. The normalized spacial score (nSPS) is 19.6. The zero-order valence-corrected chi connectivity index (χ0v) is 29.0. The van der Waals surface area contributed by atoms with Gasteiger partial charge in [0.25, 0.3) is 5.69 Å². The predicted molar refractivity (Wildman–Crippen MR) is 194 cm³/mol. The minimum atomic E-state index is -0.638. The molecule has 3 aromatic rings. The van der Waals surface area contributed by atoms with Crippen LogP contribution in [0.5, 0.6) is 5.75 Å². The van der Waals surface area contributed by atoms with Crippen molar-refractivity contribution in [3.8, 4) is 5.75 Å². The van der Waals surface area contributed by atoms with E-state index in [1.54, 1.807) is 0 Å². The van der Waals surface area contributed by atoms with Crippen LogP contribution < -0.4 is 9.64 Å². The number of rotatable bonds is 9. The van der Waals surface area contributed by atoms with Gasteiger partial charge < -0.3 is 9.64 Å². The Labute approximate surface area is 287 Å². The van der Waals surface area contributed by atoms with E-state index in [1.165, 1.54) is 34.6 Å². The number of anilines is 1. The Hall–Kier alpha value is -5.31. The average Bonchev–Trinajstić information content (AvgIpc) is 3.44. The standard InChI is InChI=1S/C40H43N4O5/c1-7-41-32-18-11-9-16-30(32)39(3,4)36(41)24-20-27-14-13-15-28(38(27)49-35-23-22-29(43(45)46)26-34(35)44(47)48)21-25-37-40(5,6)31-17-10-12-19-33(31)42(37)8-2/h9-12,16-26H,7-8,13-15H2,1-6H3/q+1. The van der Waals surface area contributed by atoms with Crippen molar-refractivity contribution in [2.24, 2.45) is 0 Å². The molecule has 3 aromatic carbocycles. The Bertz CT molecular complexity index is 2010. The van der Waals surface area contributed by atoms with Crippen LogP contribution in [-0.4, -0.2) is 33.2 Å². The molecule has 9 heteroatoms. The molecular weight excluding hydrogens is 616 g/mol. The van der Waals surface area contributed by atoms with Crippen molar-refractivity contribution in [2.75, 3.05) is 18.0 Å². The van der Waals surface area contributed by atoms with E-state index < -0.39 is 15.5 Å². The van der Waals surface area contributed by atoms with Crippen LogP contribution >= 0.6 is 0 Å². The molecule has 3 aliphatic rings. The van der Waals surface area contributed by atoms with Crippen molar-refractivity contribution in [1.82, 2.24) is 0 Å². The van der Waals surface area contributed by atoms with Crippen LogP contribution in [-0.2, 0) is 10.8 Å². The SMILES string of the molecule is CCN1/C(=C\C=C2/CCCC(/C=C/C3=[N+](CC)c4ccccc4C3(C)C)=C2Oc2ccc([N+](=O)[O-])cc2[N+](=O)[O-])C(C)(C)c2ccccc21. The van der Waals surface area contributed by atoms with Crippen LogP contribution in [0, 0.1) is 20.2 Å². The van der Waals surface area contributed by atoms with E-state index in [9.17, 15) is 20.2 Å². The summed E-state index contributed by atoms with van der Waals surface area (Å²) in [5.41, 5.74) is 7.80. The monoisotopic (exact) mass is 659 g/mol. The van der Waals surface area contributed by atoms with Gasteiger partial charge in [-0.15, -0.1) is 0 Å². The number of para-hydroxylation sites is 2. The van der Waals surface area contributed by atoms with Gasteiger partial charge in [-0.1, -0.05) is 56.3 Å². The minimum Gasteiger partial charge on any atom is -0.450 e. The fourth-order valence-corrected chi connectivity index (χ4v) is 7.63. The van der Waals surface area contributed by atoms with Crippen LogP contribution in [0.15, 0.2) is 114 Å². The Balaban J connectivity index is 1.49. The number of likely N-dealkylation sites (N-methyl/N-ethyl adjacent to an activating group) is 1. The predicted octanol–water partition coefficient (Wildman–Crippen LogP) is 9.60. The number of nitrogens with zero attached hydrogens (tertiary/aromatic N) is 4. The van der Waals surface area contributed by atoms with Crippen molar-refractivity contribution in [2.45, 2.75) is 71.6 Å². The molecule has 2 heterocycles. The van der Waals surface area contributed by atoms with Gasteiger partial charge in [0, 0.05) is 47.1 Å². The summed E-state index contributed by atoms with van der Waals surface area (Å²) in [7, 11) is 0. The third-order valence-corrected chi connectivity index (χ3v) is 10.2. The number of nitro groups is 2. The highest BCUT2D eigenvalue weighted by Gasteiger charge is 2.43. The first-order chi connectivity index (χ1) is 23.4. The first-order valence-corrected chi connectivity index (χ1v) is 16.9. The summed E-state index contributed by atoms with van der Waals surface area (Å²) in [6.45, 7) is 14.8. The molecule has 0 atom stereocenters. The highest BCUT2D eigenvalue weighted by atomic mass is 16.6. The molecule has 0 unspecified atom stereocenters. The maximum Gasteiger partial charge on any atom is 0.318 e. The minimum absolute atomic E-state index is 0.0304. The molecule has 1 aliphatic carbocycles. The van der Waals surface area contributed by atoms with Gasteiger partial charge in [-0.3, -0.25) is 20.2 Å². The molecular formula is C40H43N4O5+. The summed E-state index contributed by atoms with van der Waals surface area (Å²) < 4.78 is 8.83. The number of fused-ring (bicyclic) bond motifs is 2. The lowest BCUT2D eigenvalue weighted by Crippen LogP contribution is -2.27. The van der Waals surface area contributed by atoms with E-state index in [-0.39, 0.29) is 22.3 Å². The fourth-order valence-electron chi connectivity index (χ4n) is 7.63. The summed E-state index contributed by atoms with van der Waals surface area (Å²) >= 11 is 0. The maximum atomic E-state index is 12.1. The van der Waals surface area contributed by atoms with Gasteiger partial charge in [-0.25, -0.2) is 0 Å². The number of nitro benzene ring substituents is 2. The van der Waals surface area contributed by atoms with Crippen LogP contribution in [0.2, 0.25) is 0 Å². The second-order valence-electron chi connectivity index (χ2n) is 13.7. The fraction of sp³-hybridized carbons (Fsp3) is 0.325. The van der Waals surface area contributed by atoms with Gasteiger partial charge in [0.2, 0.25) is 11.4 Å². The number of hydrogen-bond donors (Lipinski definition) is 0. The number of non-ortho nitro benzene ring substituents is 1. The van der Waals surface area contributed by atoms with Crippen LogP contribution in [0.3, 0.4) is 0 Å². The zero-order valence-electron chi connectivity index (χ0n) is 29.0. The highest BCUT2D eigenvalue weighted by molar-refractivity contribution is 6.03. The lowest BCUT2D eigenvalue weighted by atomic mass is 9.81. The van der Waals surface area contributed by atoms with Crippen LogP contribution in [0.25, 0.3) is 0 Å². The maximum absolute atomic E-state index is 12.1. The number of benzene rings is 3. The molecule has 0 amide bonds. The quantitative estimate of drug-likeness (QED) is 0.129. The molecule has 2 aliphatic heterocycles. The van der Waals surface area contributed by atoms with E-state index in [2.05, 4.69) is 124 Å². The molecule has 0 N–H and O–H groups in total. The van der Waals surface area contributed by atoms with Crippen LogP contribution in [0.4, 0.5) is 22.7 Å². The number of allylic oxidation sites excluding steroid dienone is 7. The first-order valence-electron chi connectivity index (χ1n) is 16.9. The van der Waals surface area contributed by atoms with Gasteiger partial charge in [-0.05, 0) is 88.0 Å². The Morgan fingerprint density at radius 3 is 2.27 bits per heavy atom. The summed E-state index contributed by atoms with van der Waals surface area (Å²) in [5, 5.41) is 23.6. The molecule has 9 nitrogen and oxygen atoms in total. The second kappa shape index (κ2) is 13.0. The van der Waals surface area contributed by atoms with Crippen molar-refractivity contribution in [3.05, 3.63) is 145 Å². The smallest absolute Gasteiger partial charge is 0.318 e. The molecule has 0 saturated carbocycles. The molecule has 252 valence electrons. The van der Waals surface area contributed by atoms with E-state index in [0.29, 0.717) is 18.6 Å². The third-order valence-electron chi connectivity index (χ3n) is 10.2. The Morgan fingerprint density at radius 2 is 1.57 bits per heavy atom. The molecule has 49 heavy (non-hydrogen) atoms. The van der Waals surface area contributed by atoms with Gasteiger partial charge in [0.1, 0.15) is 12.3 Å². The van der Waals surface area contributed by atoms with Crippen molar-refractivity contribution in [1.29, 1.82) is 0 Å². The van der Waals surface area contributed by atoms with Crippen molar-refractivity contribution >= 4 is 28.5 Å². The number of hydrogen-bond acceptors (Lipinski definition) is 6. The van der Waals surface area contributed by atoms with E-state index in [1.807, 2.05) is 0 Å². The molecule has 0 aromatic heterocycles. The van der Waals surface area contributed by atoms with E-state index in [4.69, 9.17) is 4.74 Å². The van der Waals surface area contributed by atoms with E-state index in [0.717, 1.165) is 48.1 Å². The summed E-state index contributed by atoms with van der Waals surface area (Å²) in [5.74, 6) is 0.516. The lowest BCUT2D eigenvalue weighted by Gasteiger charge is -2.26. The highest BCUT2D eigenvalue weighted by Crippen LogP contribution is 2.48. The van der Waals surface area contributed by atoms with Gasteiger partial charge in [0.15, 0.2) is 5.71 Å². The molecule has 6 rings (SSSR count). The van der Waals surface area contributed by atoms with Crippen LogP contribution in [0.1, 0.15) is 71.9 Å². The molecule has 0 saturated heterocycles. The summed E-state index contributed by atoms with van der Waals surface area (Å²) in [6.07, 6.45) is 10.8. The largest absolute Gasteiger partial charge is 0.450 e. The Kier molecular flexibility index (Phi) is 8.88.